The second-order valence-corrected chi connectivity index (χ2v) is 4.44. The van der Waals surface area contributed by atoms with E-state index >= 15 is 0 Å². The van der Waals surface area contributed by atoms with Crippen LogP contribution in [-0.2, 0) is 4.74 Å². The van der Waals surface area contributed by atoms with E-state index in [0.29, 0.717) is 5.56 Å². The Labute approximate surface area is 104 Å². The molecule has 0 aliphatic heterocycles. The molecule has 0 atom stereocenters. The number of carbonyl (C=O) groups excluding carboxylic acids is 1. The Bertz CT molecular complexity index is 510. The second kappa shape index (κ2) is 5.46. The molecule has 0 unspecified atom stereocenters. The molecule has 0 bridgehead atoms. The summed E-state index contributed by atoms with van der Waals surface area (Å²) in [5.74, 6) is -0.307. The van der Waals surface area contributed by atoms with E-state index in [4.69, 9.17) is 0 Å². The molecule has 0 radical (unpaired) electrons. The van der Waals surface area contributed by atoms with Gasteiger partial charge in [-0.25, -0.2) is 4.79 Å². The average molecular weight is 244 g/mol. The number of hydrogen-bond donors (Lipinski definition) is 0. The summed E-state index contributed by atoms with van der Waals surface area (Å²) >= 11 is 1.69. The van der Waals surface area contributed by atoms with Crippen molar-refractivity contribution in [2.24, 2.45) is 0 Å². The maximum atomic E-state index is 11.2. The minimum atomic E-state index is -0.307. The lowest BCUT2D eigenvalue weighted by Crippen LogP contribution is -2.00. The van der Waals surface area contributed by atoms with Crippen molar-refractivity contribution in [3.63, 3.8) is 0 Å². The molecule has 0 saturated heterocycles. The second-order valence-electron chi connectivity index (χ2n) is 3.46. The van der Waals surface area contributed by atoms with Gasteiger partial charge in [0.05, 0.1) is 12.7 Å². The molecular weight excluding hydrogens is 232 g/mol. The van der Waals surface area contributed by atoms with Crippen LogP contribution in [0, 0.1) is 0 Å². The molecule has 0 fully saturated rings. The van der Waals surface area contributed by atoms with Crippen molar-refractivity contribution in [3.8, 4) is 0 Å². The summed E-state index contributed by atoms with van der Waals surface area (Å²) in [4.78, 5) is 12.4. The molecule has 2 rings (SSSR count). The van der Waals surface area contributed by atoms with Gasteiger partial charge in [-0.15, -0.1) is 11.3 Å². The van der Waals surface area contributed by atoms with Crippen LogP contribution in [0.15, 0.2) is 41.8 Å². The Kier molecular flexibility index (Phi) is 3.73. The van der Waals surface area contributed by atoms with E-state index in [2.05, 4.69) is 16.9 Å². The van der Waals surface area contributed by atoms with Crippen molar-refractivity contribution >= 4 is 29.5 Å². The van der Waals surface area contributed by atoms with Gasteiger partial charge in [0.25, 0.3) is 0 Å². The van der Waals surface area contributed by atoms with Gasteiger partial charge in [0, 0.05) is 4.88 Å². The van der Waals surface area contributed by atoms with E-state index in [1.165, 1.54) is 12.0 Å². The summed E-state index contributed by atoms with van der Waals surface area (Å²) in [5.41, 5.74) is 1.63. The van der Waals surface area contributed by atoms with Crippen LogP contribution in [0.3, 0.4) is 0 Å². The van der Waals surface area contributed by atoms with Crippen LogP contribution in [0.1, 0.15) is 20.8 Å². The summed E-state index contributed by atoms with van der Waals surface area (Å²) in [7, 11) is 1.38. The highest BCUT2D eigenvalue weighted by atomic mass is 32.1. The van der Waals surface area contributed by atoms with E-state index < -0.39 is 0 Å². The standard InChI is InChI=1S/C14H12O2S/c1-16-14(15)12-7-4-11(5-8-12)6-9-13-3-2-10-17-13/h2-10H,1H3/b9-6+. The first-order valence-corrected chi connectivity index (χ1v) is 6.07. The summed E-state index contributed by atoms with van der Waals surface area (Å²) in [6.07, 6.45) is 4.07. The largest absolute Gasteiger partial charge is 0.465 e. The first kappa shape index (κ1) is 11.6. The molecular formula is C14H12O2S. The third kappa shape index (κ3) is 3.04. The Morgan fingerprint density at radius 3 is 2.53 bits per heavy atom. The van der Waals surface area contributed by atoms with Crippen LogP contribution < -0.4 is 0 Å². The Balaban J connectivity index is 2.11. The number of esters is 1. The average Bonchev–Trinajstić information content (AvgIpc) is 2.89. The zero-order valence-electron chi connectivity index (χ0n) is 9.42. The zero-order valence-corrected chi connectivity index (χ0v) is 10.2. The number of methoxy groups -OCH3 is 1. The van der Waals surface area contributed by atoms with E-state index in [0.717, 1.165) is 5.56 Å². The smallest absolute Gasteiger partial charge is 0.337 e. The van der Waals surface area contributed by atoms with Gasteiger partial charge < -0.3 is 4.74 Å². The maximum Gasteiger partial charge on any atom is 0.337 e. The molecule has 0 amide bonds. The molecule has 17 heavy (non-hydrogen) atoms. The molecule has 0 N–H and O–H groups in total. The first-order chi connectivity index (χ1) is 8.29. The van der Waals surface area contributed by atoms with E-state index in [1.54, 1.807) is 23.5 Å². The highest BCUT2D eigenvalue weighted by Gasteiger charge is 2.02. The fourth-order valence-electron chi connectivity index (χ4n) is 1.41. The van der Waals surface area contributed by atoms with Gasteiger partial charge in [0.1, 0.15) is 0 Å². The van der Waals surface area contributed by atoms with Gasteiger partial charge in [-0.05, 0) is 35.2 Å². The van der Waals surface area contributed by atoms with E-state index in [9.17, 15) is 4.79 Å². The van der Waals surface area contributed by atoms with Crippen LogP contribution >= 0.6 is 11.3 Å². The first-order valence-electron chi connectivity index (χ1n) is 5.19. The van der Waals surface area contributed by atoms with Crippen LogP contribution in [0.4, 0.5) is 0 Å². The lowest BCUT2D eigenvalue weighted by atomic mass is 10.1. The minimum Gasteiger partial charge on any atom is -0.465 e. The molecule has 2 nitrogen and oxygen atoms in total. The fraction of sp³-hybridized carbons (Fsp3) is 0.0714. The molecule has 3 heteroatoms. The summed E-state index contributed by atoms with van der Waals surface area (Å²) < 4.78 is 4.64. The van der Waals surface area contributed by atoms with Crippen molar-refractivity contribution < 1.29 is 9.53 Å². The quantitative estimate of drug-likeness (QED) is 0.769. The lowest BCUT2D eigenvalue weighted by molar-refractivity contribution is 0.0601. The highest BCUT2D eigenvalue weighted by Crippen LogP contribution is 2.14. The number of benzene rings is 1. The van der Waals surface area contributed by atoms with Gasteiger partial charge >= 0.3 is 5.97 Å². The Morgan fingerprint density at radius 2 is 1.94 bits per heavy atom. The minimum absolute atomic E-state index is 0.307. The third-order valence-electron chi connectivity index (χ3n) is 2.32. The Hall–Kier alpha value is -1.87. The molecule has 0 aliphatic rings. The molecule has 1 heterocycles. The summed E-state index contributed by atoms with van der Waals surface area (Å²) in [6, 6.07) is 11.4. The van der Waals surface area contributed by atoms with Crippen molar-refractivity contribution in [1.29, 1.82) is 0 Å². The number of rotatable bonds is 3. The van der Waals surface area contributed by atoms with Crippen LogP contribution in [0.2, 0.25) is 0 Å². The van der Waals surface area contributed by atoms with Crippen molar-refractivity contribution in [3.05, 3.63) is 57.8 Å². The maximum absolute atomic E-state index is 11.2. The zero-order chi connectivity index (χ0) is 12.1. The molecule has 0 saturated carbocycles. The van der Waals surface area contributed by atoms with E-state index in [-0.39, 0.29) is 5.97 Å². The number of thiophene rings is 1. The van der Waals surface area contributed by atoms with Gasteiger partial charge in [0.2, 0.25) is 0 Å². The summed E-state index contributed by atoms with van der Waals surface area (Å²) in [6.45, 7) is 0. The van der Waals surface area contributed by atoms with Gasteiger partial charge in [-0.2, -0.15) is 0 Å². The molecule has 1 aromatic carbocycles. The highest BCUT2D eigenvalue weighted by molar-refractivity contribution is 7.10. The summed E-state index contributed by atoms with van der Waals surface area (Å²) in [5, 5.41) is 2.04. The lowest BCUT2D eigenvalue weighted by Gasteiger charge is -1.99. The number of carbonyl (C=O) groups is 1. The van der Waals surface area contributed by atoms with Crippen LogP contribution in [0.25, 0.3) is 12.2 Å². The molecule has 1 aromatic heterocycles. The Morgan fingerprint density at radius 1 is 1.18 bits per heavy atom. The topological polar surface area (TPSA) is 26.3 Å². The molecule has 2 aromatic rings. The molecule has 0 aliphatic carbocycles. The van der Waals surface area contributed by atoms with Crippen molar-refractivity contribution in [1.82, 2.24) is 0 Å². The van der Waals surface area contributed by atoms with Crippen molar-refractivity contribution in [2.45, 2.75) is 0 Å². The predicted molar refractivity (Wildman–Crippen MR) is 71.0 cm³/mol. The van der Waals surface area contributed by atoms with Gasteiger partial charge in [0.15, 0.2) is 0 Å². The van der Waals surface area contributed by atoms with Gasteiger partial charge in [-0.1, -0.05) is 24.3 Å². The van der Waals surface area contributed by atoms with Crippen LogP contribution in [0.5, 0.6) is 0 Å². The van der Waals surface area contributed by atoms with Crippen LogP contribution in [-0.4, -0.2) is 13.1 Å². The number of hydrogen-bond acceptors (Lipinski definition) is 3. The monoisotopic (exact) mass is 244 g/mol. The SMILES string of the molecule is COC(=O)c1ccc(/C=C/c2cccs2)cc1. The van der Waals surface area contributed by atoms with E-state index in [1.807, 2.05) is 29.7 Å². The number of ether oxygens (including phenoxy) is 1. The fourth-order valence-corrected chi connectivity index (χ4v) is 2.03. The molecule has 86 valence electrons. The van der Waals surface area contributed by atoms with Gasteiger partial charge in [-0.3, -0.25) is 0 Å². The predicted octanol–water partition coefficient (Wildman–Crippen LogP) is 3.71. The molecule has 0 spiro atoms. The third-order valence-corrected chi connectivity index (χ3v) is 3.15. The van der Waals surface area contributed by atoms with Crippen molar-refractivity contribution in [2.75, 3.05) is 7.11 Å². The normalized spacial score (nSPS) is 10.6.